The number of carbonyl (C=O) groups is 1. The van der Waals surface area contributed by atoms with Crippen LogP contribution in [-0.4, -0.2) is 32.8 Å². The SMILES string of the molecule is COc1ccc(NC(C)=O)cc1S(=O)(=O)N(C)Cc1ccc([C@@H]2C[C@H]2C)o1. The third kappa shape index (κ3) is 4.17. The maximum Gasteiger partial charge on any atom is 0.246 e. The summed E-state index contributed by atoms with van der Waals surface area (Å²) in [5.74, 6) is 2.49. The molecule has 1 aliphatic carbocycles. The van der Waals surface area contributed by atoms with Crippen molar-refractivity contribution >= 4 is 21.6 Å². The zero-order chi connectivity index (χ0) is 19.8. The summed E-state index contributed by atoms with van der Waals surface area (Å²) in [7, 11) is -0.955. The first-order valence-electron chi connectivity index (χ1n) is 8.73. The Morgan fingerprint density at radius 1 is 1.33 bits per heavy atom. The Balaban J connectivity index is 1.83. The van der Waals surface area contributed by atoms with Crippen molar-refractivity contribution in [2.75, 3.05) is 19.5 Å². The third-order valence-electron chi connectivity index (χ3n) is 4.71. The Hall–Kier alpha value is -2.32. The largest absolute Gasteiger partial charge is 0.495 e. The van der Waals surface area contributed by atoms with E-state index in [0.717, 1.165) is 12.2 Å². The van der Waals surface area contributed by atoms with Crippen LogP contribution in [0.2, 0.25) is 0 Å². The zero-order valence-electron chi connectivity index (χ0n) is 15.9. The van der Waals surface area contributed by atoms with Crippen LogP contribution in [-0.2, 0) is 21.4 Å². The van der Waals surface area contributed by atoms with Gasteiger partial charge >= 0.3 is 0 Å². The van der Waals surface area contributed by atoms with Gasteiger partial charge in [-0.3, -0.25) is 4.79 Å². The molecule has 8 heteroatoms. The number of hydrogen-bond donors (Lipinski definition) is 1. The van der Waals surface area contributed by atoms with E-state index in [1.807, 2.05) is 12.1 Å². The maximum atomic E-state index is 13.1. The first-order valence-corrected chi connectivity index (χ1v) is 10.2. The normalized spacial score (nSPS) is 19.1. The molecule has 1 amide bonds. The Morgan fingerprint density at radius 2 is 2.04 bits per heavy atom. The topological polar surface area (TPSA) is 88.8 Å². The molecule has 0 radical (unpaired) electrons. The van der Waals surface area contributed by atoms with Crippen LogP contribution in [0.15, 0.2) is 39.6 Å². The smallest absolute Gasteiger partial charge is 0.246 e. The molecule has 1 aromatic carbocycles. The predicted octanol–water partition coefficient (Wildman–Crippen LogP) is 3.19. The highest BCUT2D eigenvalue weighted by atomic mass is 32.2. The van der Waals surface area contributed by atoms with Crippen LogP contribution in [0.25, 0.3) is 0 Å². The van der Waals surface area contributed by atoms with Gasteiger partial charge in [-0.1, -0.05) is 6.92 Å². The van der Waals surface area contributed by atoms with Gasteiger partial charge in [-0.15, -0.1) is 0 Å². The molecular formula is C19H24N2O5S. The minimum Gasteiger partial charge on any atom is -0.495 e. The van der Waals surface area contributed by atoms with Crippen molar-refractivity contribution in [3.63, 3.8) is 0 Å². The number of furan rings is 1. The number of carbonyl (C=O) groups excluding carboxylic acids is 1. The molecule has 146 valence electrons. The van der Waals surface area contributed by atoms with Gasteiger partial charge < -0.3 is 14.5 Å². The number of anilines is 1. The van der Waals surface area contributed by atoms with E-state index in [4.69, 9.17) is 9.15 Å². The highest BCUT2D eigenvalue weighted by molar-refractivity contribution is 7.89. The average molecular weight is 392 g/mol. The van der Waals surface area contributed by atoms with Crippen LogP contribution >= 0.6 is 0 Å². The number of benzene rings is 1. The summed E-state index contributed by atoms with van der Waals surface area (Å²) < 4.78 is 38.3. The lowest BCUT2D eigenvalue weighted by molar-refractivity contribution is -0.114. The molecule has 7 nitrogen and oxygen atoms in total. The van der Waals surface area contributed by atoms with Gasteiger partial charge in [-0.25, -0.2) is 8.42 Å². The number of ether oxygens (including phenoxy) is 1. The lowest BCUT2D eigenvalue weighted by Crippen LogP contribution is -2.27. The predicted molar refractivity (Wildman–Crippen MR) is 101 cm³/mol. The molecule has 1 aliphatic rings. The van der Waals surface area contributed by atoms with Crippen LogP contribution < -0.4 is 10.1 Å². The van der Waals surface area contributed by atoms with E-state index < -0.39 is 10.0 Å². The molecule has 1 fully saturated rings. The van der Waals surface area contributed by atoms with Crippen LogP contribution in [0.5, 0.6) is 5.75 Å². The number of amides is 1. The molecule has 0 spiro atoms. The number of methoxy groups -OCH3 is 1. The maximum absolute atomic E-state index is 13.1. The molecule has 0 aliphatic heterocycles. The highest BCUT2D eigenvalue weighted by Gasteiger charge is 2.36. The molecule has 0 unspecified atom stereocenters. The number of nitrogens with one attached hydrogen (secondary N) is 1. The summed E-state index contributed by atoms with van der Waals surface area (Å²) in [6, 6.07) is 8.24. The van der Waals surface area contributed by atoms with E-state index in [-0.39, 0.29) is 23.1 Å². The fraction of sp³-hybridized carbons (Fsp3) is 0.421. The standard InChI is InChI=1S/C19H24N2O5S/c1-12-9-16(12)17-8-6-15(26-17)11-21(3)27(23,24)19-10-14(20-13(2)22)5-7-18(19)25-4/h5-8,10,12,16H,9,11H2,1-4H3,(H,20,22)/t12-,16-/m1/s1. The quantitative estimate of drug-likeness (QED) is 0.782. The summed E-state index contributed by atoms with van der Waals surface area (Å²) in [5, 5.41) is 2.59. The van der Waals surface area contributed by atoms with Gasteiger partial charge in [0.05, 0.1) is 13.7 Å². The molecule has 1 heterocycles. The molecular weight excluding hydrogens is 368 g/mol. The van der Waals surface area contributed by atoms with Crippen LogP contribution in [0.4, 0.5) is 5.69 Å². The van der Waals surface area contributed by atoms with Gasteiger partial charge in [0.25, 0.3) is 0 Å². The summed E-state index contributed by atoms with van der Waals surface area (Å²) in [5.41, 5.74) is 0.387. The molecule has 0 bridgehead atoms. The van der Waals surface area contributed by atoms with Crippen molar-refractivity contribution in [2.24, 2.45) is 5.92 Å². The summed E-state index contributed by atoms with van der Waals surface area (Å²) in [6.07, 6.45) is 1.11. The van der Waals surface area contributed by atoms with Gasteiger partial charge in [0.15, 0.2) is 0 Å². The molecule has 0 saturated heterocycles. The van der Waals surface area contributed by atoms with Crippen LogP contribution in [0.1, 0.15) is 37.7 Å². The molecule has 2 aromatic rings. The fourth-order valence-corrected chi connectivity index (χ4v) is 4.34. The molecule has 1 saturated carbocycles. The van der Waals surface area contributed by atoms with Gasteiger partial charge in [0.1, 0.15) is 22.2 Å². The van der Waals surface area contributed by atoms with Gasteiger partial charge in [-0.05, 0) is 42.7 Å². The molecule has 3 rings (SSSR count). The van der Waals surface area contributed by atoms with Gasteiger partial charge in [-0.2, -0.15) is 4.31 Å². The zero-order valence-corrected chi connectivity index (χ0v) is 16.7. The van der Waals surface area contributed by atoms with E-state index in [9.17, 15) is 13.2 Å². The number of hydrogen-bond acceptors (Lipinski definition) is 5. The van der Waals surface area contributed by atoms with Crippen molar-refractivity contribution in [1.29, 1.82) is 0 Å². The fourth-order valence-electron chi connectivity index (χ4n) is 3.03. The lowest BCUT2D eigenvalue weighted by atomic mass is 10.3. The minimum atomic E-state index is -3.85. The molecule has 2 atom stereocenters. The average Bonchev–Trinajstić information content (AvgIpc) is 3.15. The van der Waals surface area contributed by atoms with Crippen LogP contribution in [0.3, 0.4) is 0 Å². The Morgan fingerprint density at radius 3 is 2.63 bits per heavy atom. The first-order chi connectivity index (χ1) is 12.7. The second kappa shape index (κ2) is 7.36. The Kier molecular flexibility index (Phi) is 5.30. The van der Waals surface area contributed by atoms with E-state index in [1.54, 1.807) is 6.07 Å². The van der Waals surface area contributed by atoms with E-state index in [2.05, 4.69) is 12.2 Å². The highest BCUT2D eigenvalue weighted by Crippen LogP contribution is 2.47. The van der Waals surface area contributed by atoms with E-state index in [0.29, 0.717) is 23.3 Å². The van der Waals surface area contributed by atoms with E-state index >= 15 is 0 Å². The number of nitrogens with zero attached hydrogens (tertiary/aromatic N) is 1. The van der Waals surface area contributed by atoms with Crippen molar-refractivity contribution in [2.45, 2.75) is 37.6 Å². The van der Waals surface area contributed by atoms with Crippen molar-refractivity contribution in [1.82, 2.24) is 4.31 Å². The summed E-state index contributed by atoms with van der Waals surface area (Å²) in [6.45, 7) is 3.63. The van der Waals surface area contributed by atoms with Crippen molar-refractivity contribution in [3.05, 3.63) is 41.9 Å². The lowest BCUT2D eigenvalue weighted by Gasteiger charge is -2.18. The van der Waals surface area contributed by atoms with Crippen LogP contribution in [0, 0.1) is 5.92 Å². The van der Waals surface area contributed by atoms with Crippen molar-refractivity contribution in [3.8, 4) is 5.75 Å². The monoisotopic (exact) mass is 392 g/mol. The van der Waals surface area contributed by atoms with Gasteiger partial charge in [0.2, 0.25) is 15.9 Å². The Bertz CT molecular complexity index is 951. The minimum absolute atomic E-state index is 0.0126. The van der Waals surface area contributed by atoms with E-state index in [1.165, 1.54) is 37.5 Å². The summed E-state index contributed by atoms with van der Waals surface area (Å²) >= 11 is 0. The van der Waals surface area contributed by atoms with Gasteiger partial charge in [0, 0.05) is 25.6 Å². The number of sulfonamides is 1. The third-order valence-corrected chi connectivity index (χ3v) is 6.53. The Labute approximate surface area is 159 Å². The number of rotatable bonds is 7. The molecule has 1 aromatic heterocycles. The van der Waals surface area contributed by atoms with Crippen molar-refractivity contribution < 1.29 is 22.4 Å². The second-order valence-corrected chi connectivity index (χ2v) is 8.94. The molecule has 27 heavy (non-hydrogen) atoms. The summed E-state index contributed by atoms with van der Waals surface area (Å²) in [4.78, 5) is 11.3. The first kappa shape index (κ1) is 19.4. The second-order valence-electron chi connectivity index (χ2n) is 6.93. The molecule has 1 N–H and O–H groups in total.